The molecule has 3 fully saturated rings. The fourth-order valence-corrected chi connectivity index (χ4v) is 7.70. The fourth-order valence-electron chi connectivity index (χ4n) is 7.70. The van der Waals surface area contributed by atoms with Crippen molar-refractivity contribution in [2.24, 2.45) is 11.8 Å². The zero-order valence-corrected chi connectivity index (χ0v) is 19.9. The standard InChI is InChI=1S/C29H36O3/c1-27(2,3)20-8-5-18(6-9-20)17-28-13-12-24-22-10-7-19-15-25(30)26(31-4)16-23(19)21(22)11-14-29(24,28)32-28/h5-6,8-9,15-16,21-22,24,30H,7,10-14,17H2,1-4H3/t21?,22?,24?,28-,29-/m1/s1. The molecule has 3 aliphatic carbocycles. The number of epoxide rings is 1. The number of aromatic hydroxyl groups is 1. The normalized spacial score (nSPS) is 34.8. The second kappa shape index (κ2) is 6.76. The highest BCUT2D eigenvalue weighted by Crippen LogP contribution is 2.72. The summed E-state index contributed by atoms with van der Waals surface area (Å²) < 4.78 is 12.2. The fraction of sp³-hybridized carbons (Fsp3) is 0.586. The summed E-state index contributed by atoms with van der Waals surface area (Å²) in [7, 11) is 1.65. The molecule has 2 aromatic rings. The third-order valence-electron chi connectivity index (χ3n) is 9.32. The summed E-state index contributed by atoms with van der Waals surface area (Å²) in [6, 6.07) is 13.4. The number of rotatable bonds is 3. The predicted octanol–water partition coefficient (Wildman–Crippen LogP) is 6.30. The van der Waals surface area contributed by atoms with Crippen LogP contribution in [0.1, 0.15) is 81.0 Å². The lowest BCUT2D eigenvalue weighted by Crippen LogP contribution is -2.41. The molecule has 0 aromatic heterocycles. The number of phenolic OH excluding ortho intramolecular Hbond substituents is 1. The van der Waals surface area contributed by atoms with Gasteiger partial charge in [0, 0.05) is 6.42 Å². The molecule has 1 spiro atoms. The van der Waals surface area contributed by atoms with E-state index in [0.717, 1.165) is 12.8 Å². The van der Waals surface area contributed by atoms with Crippen molar-refractivity contribution >= 4 is 0 Å². The Morgan fingerprint density at radius 2 is 1.84 bits per heavy atom. The van der Waals surface area contributed by atoms with E-state index in [1.165, 1.54) is 54.4 Å². The van der Waals surface area contributed by atoms with E-state index in [-0.39, 0.29) is 22.4 Å². The van der Waals surface area contributed by atoms with Gasteiger partial charge < -0.3 is 14.6 Å². The summed E-state index contributed by atoms with van der Waals surface area (Å²) in [5.41, 5.74) is 5.93. The van der Waals surface area contributed by atoms with E-state index in [4.69, 9.17) is 9.47 Å². The second-order valence-electron chi connectivity index (χ2n) is 11.8. The molecule has 6 rings (SSSR count). The van der Waals surface area contributed by atoms with Crippen LogP contribution >= 0.6 is 0 Å². The number of fused-ring (bicyclic) bond motifs is 4. The molecular formula is C29H36O3. The Labute approximate surface area is 192 Å². The largest absolute Gasteiger partial charge is 0.504 e. The van der Waals surface area contributed by atoms with Gasteiger partial charge in [-0.05, 0) is 96.1 Å². The third-order valence-corrected chi connectivity index (χ3v) is 9.32. The van der Waals surface area contributed by atoms with Crippen molar-refractivity contribution in [3.63, 3.8) is 0 Å². The number of methoxy groups -OCH3 is 1. The van der Waals surface area contributed by atoms with Crippen LogP contribution in [0.3, 0.4) is 0 Å². The first-order valence-electron chi connectivity index (χ1n) is 12.5. The lowest BCUT2D eigenvalue weighted by molar-refractivity contribution is 0.0624. The number of benzene rings is 2. The summed E-state index contributed by atoms with van der Waals surface area (Å²) in [5.74, 6) is 2.84. The number of phenols is 1. The van der Waals surface area contributed by atoms with Gasteiger partial charge in [0.1, 0.15) is 11.2 Å². The quantitative estimate of drug-likeness (QED) is 0.579. The minimum Gasteiger partial charge on any atom is -0.504 e. The van der Waals surface area contributed by atoms with Crippen molar-refractivity contribution in [3.05, 3.63) is 58.7 Å². The summed E-state index contributed by atoms with van der Waals surface area (Å²) in [4.78, 5) is 0. The Hall–Kier alpha value is -2.00. The van der Waals surface area contributed by atoms with E-state index in [2.05, 4.69) is 51.1 Å². The average molecular weight is 433 g/mol. The van der Waals surface area contributed by atoms with Crippen LogP contribution in [-0.4, -0.2) is 23.4 Å². The predicted molar refractivity (Wildman–Crippen MR) is 127 cm³/mol. The Balaban J connectivity index is 1.24. The molecule has 170 valence electrons. The zero-order chi connectivity index (χ0) is 22.3. The smallest absolute Gasteiger partial charge is 0.160 e. The Morgan fingerprint density at radius 1 is 1.06 bits per heavy atom. The van der Waals surface area contributed by atoms with E-state index in [9.17, 15) is 5.11 Å². The molecule has 1 aliphatic heterocycles. The minimum absolute atomic E-state index is 0.0683. The first-order valence-corrected chi connectivity index (χ1v) is 12.5. The van der Waals surface area contributed by atoms with Crippen molar-refractivity contribution in [1.29, 1.82) is 0 Å². The van der Waals surface area contributed by atoms with Crippen molar-refractivity contribution < 1.29 is 14.6 Å². The maximum Gasteiger partial charge on any atom is 0.160 e. The first-order chi connectivity index (χ1) is 15.3. The van der Waals surface area contributed by atoms with Crippen LogP contribution in [0.25, 0.3) is 0 Å². The zero-order valence-electron chi connectivity index (χ0n) is 19.9. The van der Waals surface area contributed by atoms with Crippen LogP contribution in [0.4, 0.5) is 0 Å². The summed E-state index contributed by atoms with van der Waals surface area (Å²) >= 11 is 0. The van der Waals surface area contributed by atoms with Gasteiger partial charge in [-0.25, -0.2) is 0 Å². The number of hydrogen-bond donors (Lipinski definition) is 1. The van der Waals surface area contributed by atoms with Crippen LogP contribution in [0.15, 0.2) is 36.4 Å². The maximum absolute atomic E-state index is 10.3. The molecule has 1 N–H and O–H groups in total. The summed E-state index contributed by atoms with van der Waals surface area (Å²) in [6.45, 7) is 6.83. The van der Waals surface area contributed by atoms with Crippen LogP contribution in [-0.2, 0) is 23.0 Å². The van der Waals surface area contributed by atoms with E-state index < -0.39 is 0 Å². The van der Waals surface area contributed by atoms with E-state index >= 15 is 0 Å². The third kappa shape index (κ3) is 2.83. The molecule has 5 atom stereocenters. The SMILES string of the molecule is COc1cc2c(cc1O)CCC1C2CC[C@]23O[C@@]2(Cc2ccc(C(C)(C)C)cc2)CCC13. The molecule has 0 amide bonds. The van der Waals surface area contributed by atoms with Gasteiger partial charge in [0.05, 0.1) is 7.11 Å². The number of ether oxygens (including phenoxy) is 2. The van der Waals surface area contributed by atoms with Crippen LogP contribution in [0.5, 0.6) is 11.5 Å². The average Bonchev–Trinajstić information content (AvgIpc) is 3.26. The van der Waals surface area contributed by atoms with Gasteiger partial charge >= 0.3 is 0 Å². The molecule has 2 aromatic carbocycles. The van der Waals surface area contributed by atoms with Gasteiger partial charge in [-0.2, -0.15) is 0 Å². The monoisotopic (exact) mass is 432 g/mol. The van der Waals surface area contributed by atoms with Crippen molar-refractivity contribution in [2.75, 3.05) is 7.11 Å². The molecule has 3 heteroatoms. The van der Waals surface area contributed by atoms with Gasteiger partial charge in [-0.1, -0.05) is 45.0 Å². The highest BCUT2D eigenvalue weighted by atomic mass is 16.6. The molecule has 0 radical (unpaired) electrons. The van der Waals surface area contributed by atoms with Crippen LogP contribution in [0.2, 0.25) is 0 Å². The van der Waals surface area contributed by atoms with Gasteiger partial charge in [-0.15, -0.1) is 0 Å². The molecule has 1 saturated heterocycles. The summed E-state index contributed by atoms with van der Waals surface area (Å²) in [6.07, 6.45) is 8.19. The van der Waals surface area contributed by atoms with E-state index in [1.54, 1.807) is 7.11 Å². The first kappa shape index (κ1) is 20.6. The molecule has 4 aliphatic rings. The molecular weight excluding hydrogens is 396 g/mol. The van der Waals surface area contributed by atoms with Gasteiger partial charge in [0.25, 0.3) is 0 Å². The molecule has 0 bridgehead atoms. The lowest BCUT2D eigenvalue weighted by Gasteiger charge is -2.44. The Morgan fingerprint density at radius 3 is 2.56 bits per heavy atom. The van der Waals surface area contributed by atoms with Crippen molar-refractivity contribution in [3.8, 4) is 11.5 Å². The topological polar surface area (TPSA) is 42.0 Å². The minimum atomic E-state index is 0.0683. The van der Waals surface area contributed by atoms with Crippen LogP contribution < -0.4 is 4.74 Å². The van der Waals surface area contributed by atoms with E-state index in [1.807, 2.05) is 6.07 Å². The van der Waals surface area contributed by atoms with Gasteiger partial charge in [-0.3, -0.25) is 0 Å². The van der Waals surface area contributed by atoms with Crippen molar-refractivity contribution in [1.82, 2.24) is 0 Å². The Kier molecular flexibility index (Phi) is 4.35. The van der Waals surface area contributed by atoms with Crippen LogP contribution in [0, 0.1) is 11.8 Å². The number of hydrogen-bond acceptors (Lipinski definition) is 3. The van der Waals surface area contributed by atoms with Crippen molar-refractivity contribution in [2.45, 2.75) is 88.3 Å². The van der Waals surface area contributed by atoms with E-state index in [0.29, 0.717) is 23.5 Å². The lowest BCUT2D eigenvalue weighted by atomic mass is 9.59. The molecule has 3 unspecified atom stereocenters. The molecule has 1 heterocycles. The highest BCUT2D eigenvalue weighted by molar-refractivity contribution is 5.50. The maximum atomic E-state index is 10.3. The van der Waals surface area contributed by atoms with Gasteiger partial charge in [0.15, 0.2) is 11.5 Å². The molecule has 32 heavy (non-hydrogen) atoms. The second-order valence-corrected chi connectivity index (χ2v) is 11.8. The number of aryl methyl sites for hydroxylation is 1. The molecule has 2 saturated carbocycles. The summed E-state index contributed by atoms with van der Waals surface area (Å²) in [5, 5.41) is 10.3. The molecule has 3 nitrogen and oxygen atoms in total. The highest BCUT2D eigenvalue weighted by Gasteiger charge is 2.78. The Bertz CT molecular complexity index is 1050. The van der Waals surface area contributed by atoms with Gasteiger partial charge in [0.2, 0.25) is 0 Å².